The predicted molar refractivity (Wildman–Crippen MR) is 76.9 cm³/mol. The molecule has 2 rings (SSSR count). The molecule has 0 aliphatic rings. The van der Waals surface area contributed by atoms with Crippen molar-refractivity contribution in [3.05, 3.63) is 34.6 Å². The monoisotopic (exact) mass is 263 g/mol. The Hall–Kier alpha value is -1.48. The maximum atomic E-state index is 6.20. The van der Waals surface area contributed by atoms with E-state index in [1.807, 2.05) is 32.0 Å². The lowest BCUT2D eigenvalue weighted by atomic mass is 10.1. The summed E-state index contributed by atoms with van der Waals surface area (Å²) in [5, 5.41) is 0.736. The molecular formula is C14H18ClN3. The molecule has 1 aromatic carbocycles. The molecule has 96 valence electrons. The molecule has 0 saturated carbocycles. The molecule has 0 amide bonds. The minimum Gasteiger partial charge on any atom is -0.383 e. The van der Waals surface area contributed by atoms with E-state index in [-0.39, 0.29) is 0 Å². The SMILES string of the molecule is CCCn1c(C)nc(-c2ccc(Cl)cc2C)c1N. The fourth-order valence-electron chi connectivity index (χ4n) is 2.18. The van der Waals surface area contributed by atoms with Crippen LogP contribution in [0, 0.1) is 13.8 Å². The van der Waals surface area contributed by atoms with Gasteiger partial charge in [0.1, 0.15) is 17.3 Å². The minimum atomic E-state index is 0.736. The summed E-state index contributed by atoms with van der Waals surface area (Å²) >= 11 is 5.97. The summed E-state index contributed by atoms with van der Waals surface area (Å²) < 4.78 is 2.06. The summed E-state index contributed by atoms with van der Waals surface area (Å²) in [7, 11) is 0. The number of hydrogen-bond acceptors (Lipinski definition) is 2. The molecule has 0 aliphatic heterocycles. The van der Waals surface area contributed by atoms with E-state index in [1.165, 1.54) is 0 Å². The third-order valence-corrected chi connectivity index (χ3v) is 3.32. The number of nitrogens with zero attached hydrogens (tertiary/aromatic N) is 2. The highest BCUT2D eigenvalue weighted by Crippen LogP contribution is 2.30. The molecule has 1 aromatic heterocycles. The molecular weight excluding hydrogens is 246 g/mol. The first-order valence-electron chi connectivity index (χ1n) is 6.13. The lowest BCUT2D eigenvalue weighted by Crippen LogP contribution is -2.04. The molecule has 0 saturated heterocycles. The maximum Gasteiger partial charge on any atom is 0.131 e. The lowest BCUT2D eigenvalue weighted by molar-refractivity contribution is 0.665. The van der Waals surface area contributed by atoms with Crippen molar-refractivity contribution in [3.8, 4) is 11.3 Å². The Morgan fingerprint density at radius 1 is 1.33 bits per heavy atom. The van der Waals surface area contributed by atoms with Gasteiger partial charge in [-0.1, -0.05) is 24.6 Å². The van der Waals surface area contributed by atoms with Crippen LogP contribution in [0.3, 0.4) is 0 Å². The number of aryl methyl sites for hydroxylation is 2. The number of rotatable bonds is 3. The fourth-order valence-corrected chi connectivity index (χ4v) is 2.41. The zero-order valence-corrected chi connectivity index (χ0v) is 11.8. The van der Waals surface area contributed by atoms with Gasteiger partial charge in [-0.25, -0.2) is 4.98 Å². The Morgan fingerprint density at radius 2 is 2.06 bits per heavy atom. The van der Waals surface area contributed by atoms with Crippen LogP contribution in [0.25, 0.3) is 11.3 Å². The molecule has 0 bridgehead atoms. The molecule has 18 heavy (non-hydrogen) atoms. The maximum absolute atomic E-state index is 6.20. The first kappa shape index (κ1) is 13.0. The van der Waals surface area contributed by atoms with Crippen LogP contribution in [-0.4, -0.2) is 9.55 Å². The van der Waals surface area contributed by atoms with Crippen molar-refractivity contribution < 1.29 is 0 Å². The topological polar surface area (TPSA) is 43.8 Å². The zero-order valence-electron chi connectivity index (χ0n) is 11.0. The number of halogens is 1. The Morgan fingerprint density at radius 3 is 2.67 bits per heavy atom. The van der Waals surface area contributed by atoms with Crippen molar-refractivity contribution in [3.63, 3.8) is 0 Å². The largest absolute Gasteiger partial charge is 0.383 e. The Kier molecular flexibility index (Phi) is 3.62. The normalized spacial score (nSPS) is 10.9. The van der Waals surface area contributed by atoms with E-state index < -0.39 is 0 Å². The average Bonchev–Trinajstić information content (AvgIpc) is 2.58. The van der Waals surface area contributed by atoms with Crippen LogP contribution in [-0.2, 0) is 6.54 Å². The van der Waals surface area contributed by atoms with E-state index in [0.29, 0.717) is 0 Å². The summed E-state index contributed by atoms with van der Waals surface area (Å²) in [4.78, 5) is 4.58. The summed E-state index contributed by atoms with van der Waals surface area (Å²) in [5.41, 5.74) is 9.20. The summed E-state index contributed by atoms with van der Waals surface area (Å²) in [6.07, 6.45) is 1.04. The molecule has 3 nitrogen and oxygen atoms in total. The van der Waals surface area contributed by atoms with Crippen molar-refractivity contribution in [2.24, 2.45) is 0 Å². The number of anilines is 1. The first-order chi connectivity index (χ1) is 8.54. The highest BCUT2D eigenvalue weighted by Gasteiger charge is 2.14. The van der Waals surface area contributed by atoms with Gasteiger partial charge in [0.25, 0.3) is 0 Å². The van der Waals surface area contributed by atoms with E-state index in [1.54, 1.807) is 0 Å². The quantitative estimate of drug-likeness (QED) is 0.915. The van der Waals surface area contributed by atoms with Gasteiger partial charge in [-0.05, 0) is 38.0 Å². The molecule has 1 heterocycles. The van der Waals surface area contributed by atoms with Gasteiger partial charge in [-0.2, -0.15) is 0 Å². The van der Waals surface area contributed by atoms with Crippen LogP contribution in [0.15, 0.2) is 18.2 Å². The van der Waals surface area contributed by atoms with E-state index in [0.717, 1.165) is 46.5 Å². The Balaban J connectivity index is 2.54. The second-order valence-electron chi connectivity index (χ2n) is 4.50. The van der Waals surface area contributed by atoms with Crippen LogP contribution in [0.5, 0.6) is 0 Å². The molecule has 0 radical (unpaired) electrons. The van der Waals surface area contributed by atoms with Crippen molar-refractivity contribution >= 4 is 17.4 Å². The Bertz CT molecular complexity index is 573. The molecule has 2 N–H and O–H groups in total. The van der Waals surface area contributed by atoms with Crippen molar-refractivity contribution in [2.45, 2.75) is 33.7 Å². The van der Waals surface area contributed by atoms with Gasteiger partial charge in [-0.3, -0.25) is 0 Å². The lowest BCUT2D eigenvalue weighted by Gasteiger charge is -2.07. The van der Waals surface area contributed by atoms with Gasteiger partial charge in [0.05, 0.1) is 0 Å². The van der Waals surface area contributed by atoms with Crippen molar-refractivity contribution in [2.75, 3.05) is 5.73 Å². The number of nitrogens with two attached hydrogens (primary N) is 1. The van der Waals surface area contributed by atoms with Gasteiger partial charge >= 0.3 is 0 Å². The smallest absolute Gasteiger partial charge is 0.131 e. The fraction of sp³-hybridized carbons (Fsp3) is 0.357. The number of aromatic nitrogens is 2. The van der Waals surface area contributed by atoms with Crippen molar-refractivity contribution in [1.29, 1.82) is 0 Å². The van der Waals surface area contributed by atoms with Gasteiger partial charge in [0.2, 0.25) is 0 Å². The summed E-state index contributed by atoms with van der Waals surface area (Å²) in [6.45, 7) is 7.04. The third-order valence-electron chi connectivity index (χ3n) is 3.09. The molecule has 4 heteroatoms. The van der Waals surface area contributed by atoms with Gasteiger partial charge in [-0.15, -0.1) is 0 Å². The van der Waals surface area contributed by atoms with Crippen LogP contribution in [0.4, 0.5) is 5.82 Å². The zero-order chi connectivity index (χ0) is 13.3. The number of imidazole rings is 1. The first-order valence-corrected chi connectivity index (χ1v) is 6.51. The summed E-state index contributed by atoms with van der Waals surface area (Å²) in [6, 6.07) is 5.79. The standard InChI is InChI=1S/C14H18ClN3/c1-4-7-18-10(3)17-13(14(18)16)12-6-5-11(15)8-9(12)2/h5-6,8H,4,7,16H2,1-3H3. The van der Waals surface area contributed by atoms with Crippen LogP contribution in [0.2, 0.25) is 5.02 Å². The highest BCUT2D eigenvalue weighted by molar-refractivity contribution is 6.30. The van der Waals surface area contributed by atoms with E-state index in [9.17, 15) is 0 Å². The van der Waals surface area contributed by atoms with E-state index >= 15 is 0 Å². The molecule has 0 spiro atoms. The van der Waals surface area contributed by atoms with Gasteiger partial charge in [0, 0.05) is 17.1 Å². The number of nitrogen functional groups attached to an aromatic ring is 1. The molecule has 0 fully saturated rings. The minimum absolute atomic E-state index is 0.736. The molecule has 0 aliphatic carbocycles. The van der Waals surface area contributed by atoms with Crippen LogP contribution >= 0.6 is 11.6 Å². The van der Waals surface area contributed by atoms with Crippen LogP contribution < -0.4 is 5.73 Å². The highest BCUT2D eigenvalue weighted by atomic mass is 35.5. The van der Waals surface area contributed by atoms with E-state index in [4.69, 9.17) is 17.3 Å². The average molecular weight is 264 g/mol. The van der Waals surface area contributed by atoms with Crippen molar-refractivity contribution in [1.82, 2.24) is 9.55 Å². The second-order valence-corrected chi connectivity index (χ2v) is 4.94. The third kappa shape index (κ3) is 2.23. The molecule has 0 unspecified atom stereocenters. The van der Waals surface area contributed by atoms with Gasteiger partial charge in [0.15, 0.2) is 0 Å². The van der Waals surface area contributed by atoms with Crippen LogP contribution in [0.1, 0.15) is 24.7 Å². The summed E-state index contributed by atoms with van der Waals surface area (Å²) in [5.74, 6) is 1.69. The van der Waals surface area contributed by atoms with Gasteiger partial charge < -0.3 is 10.3 Å². The number of hydrogen-bond donors (Lipinski definition) is 1. The Labute approximate surface area is 113 Å². The second kappa shape index (κ2) is 5.02. The predicted octanol–water partition coefficient (Wildman–Crippen LogP) is 3.81. The number of benzene rings is 1. The molecule has 0 atom stereocenters. The molecule has 2 aromatic rings. The van der Waals surface area contributed by atoms with E-state index in [2.05, 4.69) is 16.5 Å².